The van der Waals surface area contributed by atoms with Crippen LogP contribution in [0.3, 0.4) is 0 Å². The van der Waals surface area contributed by atoms with E-state index in [1.165, 1.54) is 5.37 Å². The second-order valence-electron chi connectivity index (χ2n) is 1.77. The first-order chi connectivity index (χ1) is 5.22. The molecule has 0 fully saturated rings. The van der Waals surface area contributed by atoms with E-state index in [0.717, 1.165) is 5.75 Å². The van der Waals surface area contributed by atoms with Crippen molar-refractivity contribution < 1.29 is 9.53 Å². The van der Waals surface area contributed by atoms with E-state index >= 15 is 0 Å². The molecule has 0 unspecified atom stereocenters. The number of carbonyl (C=O) groups is 1. The minimum atomic E-state index is -0.422. The van der Waals surface area contributed by atoms with Crippen molar-refractivity contribution in [2.75, 3.05) is 18.6 Å². The number of thiocarbonyl (C=S) groups is 1. The summed E-state index contributed by atoms with van der Waals surface area (Å²) in [4.78, 5) is 10.8. The molecule has 2 nitrogen and oxygen atoms in total. The van der Waals surface area contributed by atoms with Crippen LogP contribution < -0.4 is 0 Å². The predicted octanol–water partition coefficient (Wildman–Crippen LogP) is 1.45. The summed E-state index contributed by atoms with van der Waals surface area (Å²) in [6.07, 6.45) is 1.95. The fourth-order valence-corrected chi connectivity index (χ4v) is 0.705. The first-order valence-corrected chi connectivity index (χ1v) is 4.89. The summed E-state index contributed by atoms with van der Waals surface area (Å²) in [5.74, 6) is 0.380. The van der Waals surface area contributed by atoms with E-state index in [9.17, 15) is 4.79 Å². The topological polar surface area (TPSA) is 26.3 Å². The van der Waals surface area contributed by atoms with Crippen molar-refractivity contribution in [1.29, 1.82) is 0 Å². The first kappa shape index (κ1) is 10.7. The number of thioether (sulfide) groups is 1. The molecule has 0 aliphatic rings. The number of esters is 1. The number of hydrogen-bond acceptors (Lipinski definition) is 4. The van der Waals surface area contributed by atoms with E-state index in [1.807, 2.05) is 6.26 Å². The average molecular weight is 190 g/mol. The smallest absolute Gasteiger partial charge is 0.338 e. The summed E-state index contributed by atoms with van der Waals surface area (Å²) in [6, 6.07) is 0. The Balaban J connectivity index is 3.52. The molecule has 0 atom stereocenters. The summed E-state index contributed by atoms with van der Waals surface area (Å²) >= 11 is 6.12. The molecule has 0 heterocycles. The largest absolute Gasteiger partial charge is 0.461 e. The SMILES string of the molecule is C=C(C=S)C(=O)OCCSC. The highest BCUT2D eigenvalue weighted by atomic mass is 32.2. The zero-order valence-electron chi connectivity index (χ0n) is 6.33. The highest BCUT2D eigenvalue weighted by Crippen LogP contribution is 1.95. The van der Waals surface area contributed by atoms with Gasteiger partial charge in [0.25, 0.3) is 0 Å². The summed E-state index contributed by atoms with van der Waals surface area (Å²) in [5, 5.41) is 1.22. The molecular formula is C7H10O2S2. The molecule has 0 aromatic rings. The lowest BCUT2D eigenvalue weighted by Gasteiger charge is -2.01. The third kappa shape index (κ3) is 4.98. The van der Waals surface area contributed by atoms with Crippen LogP contribution in [0.15, 0.2) is 12.2 Å². The lowest BCUT2D eigenvalue weighted by Crippen LogP contribution is -2.09. The Morgan fingerprint density at radius 2 is 2.45 bits per heavy atom. The van der Waals surface area contributed by atoms with Gasteiger partial charge in [0.1, 0.15) is 6.61 Å². The normalized spacial score (nSPS) is 8.82. The van der Waals surface area contributed by atoms with E-state index in [2.05, 4.69) is 18.8 Å². The Morgan fingerprint density at radius 1 is 1.82 bits per heavy atom. The highest BCUT2D eigenvalue weighted by molar-refractivity contribution is 7.98. The maximum absolute atomic E-state index is 10.8. The Bertz CT molecular complexity index is 166. The molecule has 0 spiro atoms. The molecule has 0 rings (SSSR count). The van der Waals surface area contributed by atoms with Crippen molar-refractivity contribution in [3.05, 3.63) is 12.2 Å². The van der Waals surface area contributed by atoms with Gasteiger partial charge in [-0.25, -0.2) is 4.79 Å². The van der Waals surface area contributed by atoms with Gasteiger partial charge in [0, 0.05) is 11.1 Å². The maximum atomic E-state index is 10.8. The molecular weight excluding hydrogens is 180 g/mol. The minimum absolute atomic E-state index is 0.237. The molecule has 0 aromatic heterocycles. The van der Waals surface area contributed by atoms with Crippen molar-refractivity contribution in [1.82, 2.24) is 0 Å². The van der Waals surface area contributed by atoms with E-state index in [4.69, 9.17) is 4.74 Å². The van der Waals surface area contributed by atoms with Gasteiger partial charge >= 0.3 is 5.97 Å². The predicted molar refractivity (Wildman–Crippen MR) is 52.1 cm³/mol. The van der Waals surface area contributed by atoms with Crippen LogP contribution in [0.5, 0.6) is 0 Å². The van der Waals surface area contributed by atoms with Crippen molar-refractivity contribution in [3.8, 4) is 0 Å². The molecule has 4 heteroatoms. The number of hydrogen-bond donors (Lipinski definition) is 0. The standard InChI is InChI=1S/C7H10O2S2/c1-6(5-10)7(8)9-3-4-11-2/h5H,1,3-4H2,2H3. The molecule has 0 bridgehead atoms. The van der Waals surface area contributed by atoms with Crippen molar-refractivity contribution in [2.45, 2.75) is 0 Å². The minimum Gasteiger partial charge on any atom is -0.461 e. The average Bonchev–Trinajstić information content (AvgIpc) is 2.03. The Hall–Kier alpha value is -0.350. The number of carbonyl (C=O) groups excluding carboxylic acids is 1. The van der Waals surface area contributed by atoms with Crippen LogP contribution in [0.25, 0.3) is 0 Å². The Labute approximate surface area is 76.0 Å². The molecule has 62 valence electrons. The van der Waals surface area contributed by atoms with Gasteiger partial charge in [-0.2, -0.15) is 11.8 Å². The van der Waals surface area contributed by atoms with E-state index in [1.54, 1.807) is 11.8 Å². The van der Waals surface area contributed by atoms with Crippen LogP contribution in [0, 0.1) is 0 Å². The van der Waals surface area contributed by atoms with Gasteiger partial charge in [-0.3, -0.25) is 0 Å². The second kappa shape index (κ2) is 6.37. The lowest BCUT2D eigenvalue weighted by atomic mass is 10.4. The van der Waals surface area contributed by atoms with Crippen molar-refractivity contribution in [3.63, 3.8) is 0 Å². The monoisotopic (exact) mass is 190 g/mol. The van der Waals surface area contributed by atoms with Gasteiger partial charge < -0.3 is 4.74 Å². The first-order valence-electron chi connectivity index (χ1n) is 3.02. The third-order valence-electron chi connectivity index (χ3n) is 0.925. The van der Waals surface area contributed by atoms with Crippen LogP contribution in [0.4, 0.5) is 0 Å². The van der Waals surface area contributed by atoms with Gasteiger partial charge in [-0.15, -0.1) is 0 Å². The highest BCUT2D eigenvalue weighted by Gasteiger charge is 2.03. The van der Waals surface area contributed by atoms with E-state index in [0.29, 0.717) is 6.61 Å². The van der Waals surface area contributed by atoms with Crippen LogP contribution in [0.1, 0.15) is 0 Å². The van der Waals surface area contributed by atoms with Crippen LogP contribution in [-0.4, -0.2) is 30.0 Å². The van der Waals surface area contributed by atoms with E-state index < -0.39 is 5.97 Å². The maximum Gasteiger partial charge on any atom is 0.338 e. The van der Waals surface area contributed by atoms with Crippen LogP contribution >= 0.6 is 24.0 Å². The quantitative estimate of drug-likeness (QED) is 0.284. The molecule has 11 heavy (non-hydrogen) atoms. The summed E-state index contributed by atoms with van der Waals surface area (Å²) < 4.78 is 4.78. The molecule has 0 saturated carbocycles. The van der Waals surface area contributed by atoms with Crippen LogP contribution in [-0.2, 0) is 9.53 Å². The number of ether oxygens (including phenoxy) is 1. The van der Waals surface area contributed by atoms with Gasteiger partial charge in [0.15, 0.2) is 0 Å². The number of rotatable bonds is 5. The molecule has 0 aliphatic carbocycles. The Kier molecular flexibility index (Phi) is 6.16. The third-order valence-corrected chi connectivity index (χ3v) is 1.78. The van der Waals surface area contributed by atoms with Gasteiger partial charge in [0.05, 0.1) is 5.57 Å². The molecule has 0 N–H and O–H groups in total. The lowest BCUT2D eigenvalue weighted by molar-refractivity contribution is -0.137. The zero-order valence-corrected chi connectivity index (χ0v) is 7.96. The fraction of sp³-hybridized carbons (Fsp3) is 0.429. The summed E-state index contributed by atoms with van der Waals surface area (Å²) in [7, 11) is 0. The van der Waals surface area contributed by atoms with Gasteiger partial charge in [0.2, 0.25) is 0 Å². The van der Waals surface area contributed by atoms with E-state index in [-0.39, 0.29) is 5.57 Å². The molecule has 0 radical (unpaired) electrons. The van der Waals surface area contributed by atoms with Crippen LogP contribution in [0.2, 0.25) is 0 Å². The molecule has 0 aromatic carbocycles. The molecule has 0 amide bonds. The van der Waals surface area contributed by atoms with Crippen molar-refractivity contribution >= 4 is 35.3 Å². The summed E-state index contributed by atoms with van der Waals surface area (Å²) in [5.41, 5.74) is 0.237. The fourth-order valence-electron chi connectivity index (χ4n) is 0.359. The Morgan fingerprint density at radius 3 is 2.91 bits per heavy atom. The second-order valence-corrected chi connectivity index (χ2v) is 2.99. The van der Waals surface area contributed by atoms with Crippen molar-refractivity contribution in [2.24, 2.45) is 0 Å². The van der Waals surface area contributed by atoms with Gasteiger partial charge in [-0.05, 0) is 6.26 Å². The molecule has 0 saturated heterocycles. The summed E-state index contributed by atoms with van der Waals surface area (Å²) in [6.45, 7) is 3.83. The van der Waals surface area contributed by atoms with Gasteiger partial charge in [-0.1, -0.05) is 18.8 Å². The zero-order chi connectivity index (χ0) is 8.69. The molecule has 0 aliphatic heterocycles.